The van der Waals surface area contributed by atoms with Crippen molar-refractivity contribution in [2.75, 3.05) is 5.32 Å². The molecule has 1 heterocycles. The van der Waals surface area contributed by atoms with Crippen LogP contribution in [0.15, 0.2) is 36.7 Å². The quantitative estimate of drug-likeness (QED) is 0.889. The molecule has 0 fully saturated rings. The fourth-order valence-electron chi connectivity index (χ4n) is 1.75. The number of anilines is 1. The molecule has 100 valence electrons. The third-order valence-corrected chi connectivity index (χ3v) is 2.88. The summed E-state index contributed by atoms with van der Waals surface area (Å²) in [5, 5.41) is 9.75. The van der Waals surface area contributed by atoms with E-state index >= 15 is 0 Å². The highest BCUT2D eigenvalue weighted by Crippen LogP contribution is 2.12. The highest BCUT2D eigenvalue weighted by molar-refractivity contribution is 5.89. The van der Waals surface area contributed by atoms with Crippen molar-refractivity contribution in [2.24, 2.45) is 7.05 Å². The van der Waals surface area contributed by atoms with Crippen LogP contribution in [0.1, 0.15) is 24.1 Å². The molecule has 0 bridgehead atoms. The van der Waals surface area contributed by atoms with Crippen LogP contribution in [0.3, 0.4) is 0 Å². The molecule has 0 radical (unpaired) electrons. The third kappa shape index (κ3) is 3.58. The van der Waals surface area contributed by atoms with Crippen LogP contribution in [0.5, 0.6) is 0 Å². The van der Waals surface area contributed by atoms with Gasteiger partial charge in [-0.2, -0.15) is 5.10 Å². The second kappa shape index (κ2) is 5.56. The van der Waals surface area contributed by atoms with Crippen LogP contribution in [0.2, 0.25) is 0 Å². The molecule has 1 unspecified atom stereocenters. The molecule has 19 heavy (non-hydrogen) atoms. The van der Waals surface area contributed by atoms with E-state index < -0.39 is 0 Å². The lowest BCUT2D eigenvalue weighted by Crippen LogP contribution is -2.30. The molecule has 0 aliphatic rings. The first kappa shape index (κ1) is 13.1. The van der Waals surface area contributed by atoms with Gasteiger partial charge in [0.1, 0.15) is 0 Å². The number of nitrogens with one attached hydrogen (secondary N) is 2. The Morgan fingerprint density at radius 2 is 2.00 bits per heavy atom. The van der Waals surface area contributed by atoms with Crippen LogP contribution in [-0.4, -0.2) is 15.8 Å². The molecule has 5 nitrogen and oxygen atoms in total. The van der Waals surface area contributed by atoms with E-state index in [1.54, 1.807) is 10.9 Å². The molecular weight excluding hydrogens is 240 g/mol. The first-order valence-electron chi connectivity index (χ1n) is 6.17. The maximum absolute atomic E-state index is 11.8. The maximum atomic E-state index is 11.8. The number of carbonyl (C=O) groups excluding carboxylic acids is 1. The average molecular weight is 258 g/mol. The summed E-state index contributed by atoms with van der Waals surface area (Å²) >= 11 is 0. The Balaban J connectivity index is 1.92. The van der Waals surface area contributed by atoms with Crippen molar-refractivity contribution in [3.8, 4) is 0 Å². The molecule has 1 aromatic heterocycles. The van der Waals surface area contributed by atoms with Gasteiger partial charge in [-0.3, -0.25) is 4.68 Å². The summed E-state index contributed by atoms with van der Waals surface area (Å²) in [4.78, 5) is 11.8. The number of rotatable bonds is 3. The van der Waals surface area contributed by atoms with Crippen molar-refractivity contribution in [2.45, 2.75) is 19.9 Å². The normalized spacial score (nSPS) is 11.9. The fourth-order valence-corrected chi connectivity index (χ4v) is 1.75. The number of hydrogen-bond donors (Lipinski definition) is 2. The largest absolute Gasteiger partial charge is 0.331 e. The predicted octanol–water partition coefficient (Wildman–Crippen LogP) is 2.61. The summed E-state index contributed by atoms with van der Waals surface area (Å²) < 4.78 is 1.71. The molecule has 5 heteroatoms. The summed E-state index contributed by atoms with van der Waals surface area (Å²) in [7, 11) is 1.85. The van der Waals surface area contributed by atoms with Crippen LogP contribution >= 0.6 is 0 Å². The van der Waals surface area contributed by atoms with E-state index in [2.05, 4.69) is 15.7 Å². The molecule has 0 spiro atoms. The van der Waals surface area contributed by atoms with Gasteiger partial charge in [0.05, 0.1) is 12.2 Å². The van der Waals surface area contributed by atoms with Crippen LogP contribution in [-0.2, 0) is 7.05 Å². The molecule has 2 N–H and O–H groups in total. The van der Waals surface area contributed by atoms with Gasteiger partial charge in [0, 0.05) is 24.5 Å². The molecular formula is C14H18N4O. The summed E-state index contributed by atoms with van der Waals surface area (Å²) in [6.45, 7) is 3.93. The first-order valence-corrected chi connectivity index (χ1v) is 6.17. The average Bonchev–Trinajstić information content (AvgIpc) is 2.79. The summed E-state index contributed by atoms with van der Waals surface area (Å²) in [6.07, 6.45) is 3.63. The molecule has 0 saturated heterocycles. The minimum Gasteiger partial charge on any atom is -0.331 e. The standard InChI is InChI=1S/C14H18N4O/c1-10-4-6-13(7-5-10)17-14(19)16-11(2)12-8-15-18(3)9-12/h4-9,11H,1-3H3,(H2,16,17,19). The monoisotopic (exact) mass is 258 g/mol. The van der Waals surface area contributed by atoms with E-state index in [-0.39, 0.29) is 12.1 Å². The Bertz CT molecular complexity index is 559. The van der Waals surface area contributed by atoms with Crippen molar-refractivity contribution in [3.05, 3.63) is 47.8 Å². The van der Waals surface area contributed by atoms with Crippen molar-refractivity contribution in [1.82, 2.24) is 15.1 Å². The fraction of sp³-hybridized carbons (Fsp3) is 0.286. The molecule has 1 aromatic carbocycles. The molecule has 0 saturated carbocycles. The Hall–Kier alpha value is -2.30. The molecule has 0 aliphatic carbocycles. The zero-order valence-corrected chi connectivity index (χ0v) is 11.3. The predicted molar refractivity (Wildman–Crippen MR) is 75.0 cm³/mol. The highest BCUT2D eigenvalue weighted by Gasteiger charge is 2.10. The van der Waals surface area contributed by atoms with E-state index in [0.717, 1.165) is 16.8 Å². The van der Waals surface area contributed by atoms with Gasteiger partial charge in [-0.25, -0.2) is 4.79 Å². The Morgan fingerprint density at radius 3 is 2.58 bits per heavy atom. The van der Waals surface area contributed by atoms with Crippen LogP contribution in [0, 0.1) is 6.92 Å². The minimum atomic E-state index is -0.222. The number of carbonyl (C=O) groups is 1. The van der Waals surface area contributed by atoms with Crippen molar-refractivity contribution < 1.29 is 4.79 Å². The number of hydrogen-bond acceptors (Lipinski definition) is 2. The van der Waals surface area contributed by atoms with Crippen LogP contribution < -0.4 is 10.6 Å². The van der Waals surface area contributed by atoms with Gasteiger partial charge in [0.2, 0.25) is 0 Å². The van der Waals surface area contributed by atoms with Crippen molar-refractivity contribution >= 4 is 11.7 Å². The van der Waals surface area contributed by atoms with E-state index in [9.17, 15) is 4.79 Å². The van der Waals surface area contributed by atoms with Crippen molar-refractivity contribution in [1.29, 1.82) is 0 Å². The van der Waals surface area contributed by atoms with Gasteiger partial charge in [0.15, 0.2) is 0 Å². The number of nitrogens with zero attached hydrogens (tertiary/aromatic N) is 2. The highest BCUT2D eigenvalue weighted by atomic mass is 16.2. The summed E-state index contributed by atoms with van der Waals surface area (Å²) in [5.74, 6) is 0. The minimum absolute atomic E-state index is 0.0841. The summed E-state index contributed by atoms with van der Waals surface area (Å²) in [5.41, 5.74) is 2.91. The van der Waals surface area contributed by atoms with E-state index in [4.69, 9.17) is 0 Å². The van der Waals surface area contributed by atoms with Gasteiger partial charge in [0.25, 0.3) is 0 Å². The smallest absolute Gasteiger partial charge is 0.319 e. The Labute approximate surface area is 112 Å². The molecule has 2 aromatic rings. The topological polar surface area (TPSA) is 59.0 Å². The lowest BCUT2D eigenvalue weighted by atomic mass is 10.2. The summed E-state index contributed by atoms with van der Waals surface area (Å²) in [6, 6.07) is 7.37. The SMILES string of the molecule is Cc1ccc(NC(=O)NC(C)c2cnn(C)c2)cc1. The zero-order chi connectivity index (χ0) is 13.8. The van der Waals surface area contributed by atoms with E-state index in [1.807, 2.05) is 51.4 Å². The zero-order valence-electron chi connectivity index (χ0n) is 11.3. The van der Waals surface area contributed by atoms with Gasteiger partial charge < -0.3 is 10.6 Å². The lowest BCUT2D eigenvalue weighted by molar-refractivity contribution is 0.249. The second-order valence-corrected chi connectivity index (χ2v) is 4.63. The number of amides is 2. The van der Waals surface area contributed by atoms with Gasteiger partial charge in [-0.05, 0) is 26.0 Å². The van der Waals surface area contributed by atoms with Crippen molar-refractivity contribution in [3.63, 3.8) is 0 Å². The number of benzene rings is 1. The lowest BCUT2D eigenvalue weighted by Gasteiger charge is -2.13. The first-order chi connectivity index (χ1) is 9.04. The molecule has 2 amide bonds. The van der Waals surface area contributed by atoms with Gasteiger partial charge in [-0.1, -0.05) is 17.7 Å². The van der Waals surface area contributed by atoms with Crippen LogP contribution in [0.4, 0.5) is 10.5 Å². The number of aryl methyl sites for hydroxylation is 2. The molecule has 0 aliphatic heterocycles. The van der Waals surface area contributed by atoms with Gasteiger partial charge >= 0.3 is 6.03 Å². The number of aromatic nitrogens is 2. The van der Waals surface area contributed by atoms with E-state index in [0.29, 0.717) is 0 Å². The Morgan fingerprint density at radius 1 is 1.32 bits per heavy atom. The maximum Gasteiger partial charge on any atom is 0.319 e. The third-order valence-electron chi connectivity index (χ3n) is 2.88. The Kier molecular flexibility index (Phi) is 3.85. The molecule has 1 atom stereocenters. The number of urea groups is 1. The molecule has 2 rings (SSSR count). The van der Waals surface area contributed by atoms with Crippen LogP contribution in [0.25, 0.3) is 0 Å². The second-order valence-electron chi connectivity index (χ2n) is 4.63. The van der Waals surface area contributed by atoms with Gasteiger partial charge in [-0.15, -0.1) is 0 Å². The van der Waals surface area contributed by atoms with E-state index in [1.165, 1.54) is 0 Å².